The number of aromatic amines is 1. The van der Waals surface area contributed by atoms with E-state index in [1.54, 1.807) is 7.11 Å². The van der Waals surface area contributed by atoms with Gasteiger partial charge in [-0.3, -0.25) is 4.79 Å². The van der Waals surface area contributed by atoms with E-state index >= 15 is 0 Å². The van der Waals surface area contributed by atoms with Gasteiger partial charge in [-0.05, 0) is 29.8 Å². The lowest BCUT2D eigenvalue weighted by Gasteiger charge is -2.06. The molecule has 0 aliphatic rings. The molecule has 2 N–H and O–H groups in total. The van der Waals surface area contributed by atoms with E-state index in [4.69, 9.17) is 4.74 Å². The summed E-state index contributed by atoms with van der Waals surface area (Å²) < 4.78 is 5.11. The second-order valence-electron chi connectivity index (χ2n) is 5.33. The minimum atomic E-state index is 0.0151. The van der Waals surface area contributed by atoms with Crippen LogP contribution in [0.25, 0.3) is 11.0 Å². The number of imidazole rings is 1. The van der Waals surface area contributed by atoms with E-state index in [0.717, 1.165) is 28.2 Å². The third-order valence-electron chi connectivity index (χ3n) is 3.68. The number of hydrogen-bond donors (Lipinski definition) is 2. The van der Waals surface area contributed by atoms with E-state index in [1.807, 2.05) is 48.5 Å². The molecule has 1 heterocycles. The number of para-hydroxylation sites is 2. The highest BCUT2D eigenvalue weighted by molar-refractivity contribution is 5.77. The second-order valence-corrected chi connectivity index (χ2v) is 5.33. The van der Waals surface area contributed by atoms with E-state index < -0.39 is 0 Å². The van der Waals surface area contributed by atoms with Gasteiger partial charge in [0.25, 0.3) is 0 Å². The van der Waals surface area contributed by atoms with Crippen molar-refractivity contribution < 1.29 is 9.53 Å². The fraction of sp³-hybridized carbons (Fsp3) is 0.222. The van der Waals surface area contributed by atoms with Crippen molar-refractivity contribution in [3.63, 3.8) is 0 Å². The van der Waals surface area contributed by atoms with Crippen LogP contribution in [0.15, 0.2) is 48.5 Å². The Labute approximate surface area is 134 Å². The molecule has 0 aliphatic heterocycles. The van der Waals surface area contributed by atoms with Gasteiger partial charge in [-0.1, -0.05) is 24.3 Å². The number of nitrogens with zero attached hydrogens (tertiary/aromatic N) is 1. The SMILES string of the molecule is COc1ccc(CNC(=O)CCc2nc3ccccc3[nH]2)cc1. The standard InChI is InChI=1S/C18H19N3O2/c1-23-14-8-6-13(7-9-14)12-19-18(22)11-10-17-20-15-4-2-3-5-16(15)21-17/h2-9H,10-12H2,1H3,(H,19,22)(H,20,21). The van der Waals surface area contributed by atoms with Gasteiger partial charge in [0.05, 0.1) is 18.1 Å². The number of benzene rings is 2. The van der Waals surface area contributed by atoms with Crippen molar-refractivity contribution >= 4 is 16.9 Å². The fourth-order valence-electron chi connectivity index (χ4n) is 2.39. The van der Waals surface area contributed by atoms with Crippen LogP contribution in [0.2, 0.25) is 0 Å². The molecule has 0 saturated carbocycles. The molecule has 0 radical (unpaired) electrons. The van der Waals surface area contributed by atoms with E-state index in [0.29, 0.717) is 19.4 Å². The van der Waals surface area contributed by atoms with Crippen molar-refractivity contribution in [2.75, 3.05) is 7.11 Å². The Morgan fingerprint density at radius 2 is 1.96 bits per heavy atom. The minimum absolute atomic E-state index is 0.0151. The Kier molecular flexibility index (Phi) is 4.57. The summed E-state index contributed by atoms with van der Waals surface area (Å²) in [6.07, 6.45) is 1.01. The van der Waals surface area contributed by atoms with Crippen molar-refractivity contribution in [2.24, 2.45) is 0 Å². The Balaban J connectivity index is 1.49. The van der Waals surface area contributed by atoms with Crippen LogP contribution < -0.4 is 10.1 Å². The molecule has 0 atom stereocenters. The second kappa shape index (κ2) is 6.96. The van der Waals surface area contributed by atoms with Crippen LogP contribution in [-0.4, -0.2) is 23.0 Å². The topological polar surface area (TPSA) is 67.0 Å². The molecule has 1 amide bonds. The molecule has 3 aromatic rings. The van der Waals surface area contributed by atoms with Crippen molar-refractivity contribution in [1.29, 1.82) is 0 Å². The zero-order valence-corrected chi connectivity index (χ0v) is 13.0. The highest BCUT2D eigenvalue weighted by atomic mass is 16.5. The summed E-state index contributed by atoms with van der Waals surface area (Å²) in [7, 11) is 1.63. The number of nitrogens with one attached hydrogen (secondary N) is 2. The maximum atomic E-state index is 12.0. The molecule has 0 unspecified atom stereocenters. The molecule has 5 heteroatoms. The number of hydrogen-bond acceptors (Lipinski definition) is 3. The Morgan fingerprint density at radius 3 is 2.70 bits per heavy atom. The summed E-state index contributed by atoms with van der Waals surface area (Å²) >= 11 is 0. The smallest absolute Gasteiger partial charge is 0.220 e. The van der Waals surface area contributed by atoms with Gasteiger partial charge < -0.3 is 15.0 Å². The number of amides is 1. The number of ether oxygens (including phenoxy) is 1. The Morgan fingerprint density at radius 1 is 1.17 bits per heavy atom. The van der Waals surface area contributed by atoms with Crippen molar-refractivity contribution in [3.8, 4) is 5.75 Å². The number of rotatable bonds is 6. The predicted molar refractivity (Wildman–Crippen MR) is 89.3 cm³/mol. The maximum Gasteiger partial charge on any atom is 0.220 e. The number of aromatic nitrogens is 2. The first-order valence-electron chi connectivity index (χ1n) is 7.58. The molecule has 118 valence electrons. The summed E-state index contributed by atoms with van der Waals surface area (Å²) in [5, 5.41) is 2.92. The lowest BCUT2D eigenvalue weighted by atomic mass is 10.2. The molecule has 0 saturated heterocycles. The largest absolute Gasteiger partial charge is 0.497 e. The maximum absolute atomic E-state index is 12.0. The van der Waals surface area contributed by atoms with Crippen LogP contribution >= 0.6 is 0 Å². The van der Waals surface area contributed by atoms with Gasteiger partial charge in [-0.25, -0.2) is 4.98 Å². The zero-order chi connectivity index (χ0) is 16.1. The molecule has 23 heavy (non-hydrogen) atoms. The minimum Gasteiger partial charge on any atom is -0.497 e. The molecule has 0 spiro atoms. The molecular weight excluding hydrogens is 290 g/mol. The Bertz CT molecular complexity index is 760. The van der Waals surface area contributed by atoms with Gasteiger partial charge in [-0.2, -0.15) is 0 Å². The highest BCUT2D eigenvalue weighted by Gasteiger charge is 2.06. The first kappa shape index (κ1) is 15.1. The van der Waals surface area contributed by atoms with Crippen LogP contribution in [0, 0.1) is 0 Å². The third-order valence-corrected chi connectivity index (χ3v) is 3.68. The van der Waals surface area contributed by atoms with Crippen LogP contribution in [-0.2, 0) is 17.8 Å². The van der Waals surface area contributed by atoms with Gasteiger partial charge in [0, 0.05) is 19.4 Å². The average Bonchev–Trinajstić information content (AvgIpc) is 3.01. The molecule has 1 aromatic heterocycles. The van der Waals surface area contributed by atoms with Crippen molar-refractivity contribution in [3.05, 3.63) is 59.9 Å². The fourth-order valence-corrected chi connectivity index (χ4v) is 2.39. The van der Waals surface area contributed by atoms with Crippen LogP contribution in [0.4, 0.5) is 0 Å². The Hall–Kier alpha value is -2.82. The number of carbonyl (C=O) groups excluding carboxylic acids is 1. The number of methoxy groups -OCH3 is 1. The lowest BCUT2D eigenvalue weighted by Crippen LogP contribution is -2.23. The van der Waals surface area contributed by atoms with E-state index in [9.17, 15) is 4.79 Å². The summed E-state index contributed by atoms with van der Waals surface area (Å²) in [4.78, 5) is 19.7. The molecule has 0 aliphatic carbocycles. The summed E-state index contributed by atoms with van der Waals surface area (Å²) in [6.45, 7) is 0.517. The average molecular weight is 309 g/mol. The number of fused-ring (bicyclic) bond motifs is 1. The van der Waals surface area contributed by atoms with Crippen LogP contribution in [0.3, 0.4) is 0 Å². The zero-order valence-electron chi connectivity index (χ0n) is 13.0. The summed E-state index contributed by atoms with van der Waals surface area (Å²) in [5.41, 5.74) is 2.98. The predicted octanol–water partition coefficient (Wildman–Crippen LogP) is 2.82. The molecule has 2 aromatic carbocycles. The lowest BCUT2D eigenvalue weighted by molar-refractivity contribution is -0.121. The number of H-pyrrole nitrogens is 1. The van der Waals surface area contributed by atoms with E-state index in [1.165, 1.54) is 0 Å². The first-order valence-corrected chi connectivity index (χ1v) is 7.58. The molecule has 3 rings (SSSR count). The van der Waals surface area contributed by atoms with Crippen LogP contribution in [0.5, 0.6) is 5.75 Å². The van der Waals surface area contributed by atoms with E-state index in [-0.39, 0.29) is 5.91 Å². The molecule has 0 fully saturated rings. The number of aryl methyl sites for hydroxylation is 1. The summed E-state index contributed by atoms with van der Waals surface area (Å²) in [5.74, 6) is 1.66. The third kappa shape index (κ3) is 3.88. The first-order chi connectivity index (χ1) is 11.2. The van der Waals surface area contributed by atoms with Gasteiger partial charge in [0.2, 0.25) is 5.91 Å². The van der Waals surface area contributed by atoms with Gasteiger partial charge in [0.1, 0.15) is 11.6 Å². The van der Waals surface area contributed by atoms with Crippen molar-refractivity contribution in [1.82, 2.24) is 15.3 Å². The molecule has 5 nitrogen and oxygen atoms in total. The van der Waals surface area contributed by atoms with Gasteiger partial charge in [-0.15, -0.1) is 0 Å². The normalized spacial score (nSPS) is 10.7. The summed E-state index contributed by atoms with van der Waals surface area (Å²) in [6, 6.07) is 15.5. The molecular formula is C18H19N3O2. The number of carbonyl (C=O) groups is 1. The van der Waals surface area contributed by atoms with E-state index in [2.05, 4.69) is 15.3 Å². The van der Waals surface area contributed by atoms with Crippen molar-refractivity contribution in [2.45, 2.75) is 19.4 Å². The highest BCUT2D eigenvalue weighted by Crippen LogP contribution is 2.12. The quantitative estimate of drug-likeness (QED) is 0.736. The van der Waals surface area contributed by atoms with Crippen LogP contribution in [0.1, 0.15) is 17.8 Å². The van der Waals surface area contributed by atoms with Gasteiger partial charge >= 0.3 is 0 Å². The molecule has 0 bridgehead atoms. The van der Waals surface area contributed by atoms with Gasteiger partial charge in [0.15, 0.2) is 0 Å². The monoisotopic (exact) mass is 309 g/mol.